The molecule has 1 saturated heterocycles. The van der Waals surface area contributed by atoms with Gasteiger partial charge in [0.25, 0.3) is 0 Å². The molecule has 0 unspecified atom stereocenters. The first-order valence-electron chi connectivity index (χ1n) is 37.9. The fourth-order valence-electron chi connectivity index (χ4n) is 15.3. The molecule has 9 nitrogen and oxygen atoms in total. The Morgan fingerprint density at radius 3 is 0.962 bits per heavy atom. The van der Waals surface area contributed by atoms with Crippen LogP contribution in [0, 0.1) is 13.8 Å². The van der Waals surface area contributed by atoms with E-state index in [2.05, 4.69) is 287 Å². The van der Waals surface area contributed by atoms with Crippen molar-refractivity contribution in [2.24, 2.45) is 0 Å². The van der Waals surface area contributed by atoms with Gasteiger partial charge in [0.2, 0.25) is 0 Å². The van der Waals surface area contributed by atoms with Crippen LogP contribution in [-0.2, 0) is 0 Å². The molecule has 0 saturated carbocycles. The summed E-state index contributed by atoms with van der Waals surface area (Å²) in [6.07, 6.45) is 8.07. The molecule has 10 aromatic carbocycles. The minimum atomic E-state index is 0.504. The van der Waals surface area contributed by atoms with Gasteiger partial charge in [0.05, 0.1) is 56.9 Å². The van der Waals surface area contributed by atoms with Gasteiger partial charge in [0.15, 0.2) is 0 Å². The molecular formula is C89H98Cl3N9S5. The van der Waals surface area contributed by atoms with E-state index in [1.165, 1.54) is 143 Å². The zero-order valence-corrected chi connectivity index (χ0v) is 68.5. The van der Waals surface area contributed by atoms with Crippen molar-refractivity contribution in [3.8, 4) is 0 Å². The molecule has 0 spiro atoms. The molecule has 17 heteroatoms. The Hall–Kier alpha value is -6.34. The summed E-state index contributed by atoms with van der Waals surface area (Å²) in [5, 5.41) is 5.88. The van der Waals surface area contributed by atoms with Gasteiger partial charge in [-0.05, 0) is 250 Å². The molecule has 6 aliphatic rings. The summed E-state index contributed by atoms with van der Waals surface area (Å²) in [6, 6.07) is 78.1. The molecule has 106 heavy (non-hydrogen) atoms. The van der Waals surface area contributed by atoms with Crippen molar-refractivity contribution in [3.63, 3.8) is 0 Å². The van der Waals surface area contributed by atoms with Gasteiger partial charge in [-0.15, -0.1) is 0 Å². The van der Waals surface area contributed by atoms with Gasteiger partial charge in [-0.2, -0.15) is 0 Å². The smallest absolute Gasteiger partial charge is 0.0567 e. The summed E-state index contributed by atoms with van der Waals surface area (Å²) in [6.45, 7) is 26.2. The second-order valence-electron chi connectivity index (χ2n) is 29.0. The molecule has 0 atom stereocenters. The first-order valence-corrected chi connectivity index (χ1v) is 43.1. The van der Waals surface area contributed by atoms with Crippen molar-refractivity contribution in [2.75, 3.05) is 110 Å². The Morgan fingerprint density at radius 2 is 0.642 bits per heavy atom. The number of fused-ring (bicyclic) bond motifs is 10. The number of hydrogen-bond acceptors (Lipinski definition) is 14. The van der Waals surface area contributed by atoms with E-state index >= 15 is 0 Å². The first-order chi connectivity index (χ1) is 51.7. The first kappa shape index (κ1) is 76.4. The highest BCUT2D eigenvalue weighted by molar-refractivity contribution is 8.00. The summed E-state index contributed by atoms with van der Waals surface area (Å²) < 4.78 is 0. The number of halogens is 3. The van der Waals surface area contributed by atoms with Crippen molar-refractivity contribution in [1.29, 1.82) is 0 Å². The van der Waals surface area contributed by atoms with Crippen LogP contribution in [0.25, 0.3) is 0 Å². The van der Waals surface area contributed by atoms with Gasteiger partial charge < -0.3 is 44.5 Å². The number of para-hydroxylation sites is 5. The Kier molecular flexibility index (Phi) is 26.0. The van der Waals surface area contributed by atoms with Gasteiger partial charge in [0, 0.05) is 141 Å². The summed E-state index contributed by atoms with van der Waals surface area (Å²) in [7, 11) is 2.26. The highest BCUT2D eigenvalue weighted by Crippen LogP contribution is 2.54. The van der Waals surface area contributed by atoms with E-state index in [0.29, 0.717) is 18.1 Å². The SMILES string of the molecule is CC(C)NCCCN1c2ccccc2Sc2ccc(Cl)cc21.Cc1ccc2c(c1)N(CCCN(CCCN1c3ccccc3Sc3ccc(Cl)cc31)C(C)C)c1ccccc1S2.Cc1ccc2c(c1)N(CCCN(CCCN1c3ccccc3Sc3ccc(Cl)cc31)C1CCN(C)CC1)c1ccccc1S2. The van der Waals surface area contributed by atoms with Gasteiger partial charge >= 0.3 is 0 Å². The molecule has 550 valence electrons. The molecule has 0 bridgehead atoms. The predicted molar refractivity (Wildman–Crippen MR) is 460 cm³/mol. The predicted octanol–water partition coefficient (Wildman–Crippen LogP) is 25.1. The lowest BCUT2D eigenvalue weighted by atomic mass is 10.0. The Balaban J connectivity index is 0.000000141. The molecule has 6 heterocycles. The average Bonchev–Trinajstić information content (AvgIpc) is 0.802. The fourth-order valence-corrected chi connectivity index (χ4v) is 21.2. The van der Waals surface area contributed by atoms with Gasteiger partial charge in [-0.1, -0.05) is 180 Å². The van der Waals surface area contributed by atoms with Crippen molar-refractivity contribution < 1.29 is 0 Å². The Morgan fingerprint density at radius 1 is 0.358 bits per heavy atom. The van der Waals surface area contributed by atoms with Crippen LogP contribution in [0.1, 0.15) is 83.8 Å². The summed E-state index contributed by atoms with van der Waals surface area (Å²) in [4.78, 5) is 33.6. The Labute approximate surface area is 667 Å². The van der Waals surface area contributed by atoms with Crippen molar-refractivity contribution in [1.82, 2.24) is 20.0 Å². The minimum Gasteiger partial charge on any atom is -0.340 e. The number of piperidine rings is 1. The second kappa shape index (κ2) is 36.0. The third kappa shape index (κ3) is 18.4. The lowest BCUT2D eigenvalue weighted by molar-refractivity contribution is 0.119. The third-order valence-electron chi connectivity index (χ3n) is 20.7. The number of hydrogen-bond donors (Lipinski definition) is 1. The lowest BCUT2D eigenvalue weighted by Gasteiger charge is -2.39. The van der Waals surface area contributed by atoms with Gasteiger partial charge in [0.1, 0.15) is 0 Å². The fraction of sp³-hybridized carbons (Fsp3) is 0.326. The van der Waals surface area contributed by atoms with Crippen LogP contribution in [0.3, 0.4) is 0 Å². The summed E-state index contributed by atoms with van der Waals surface area (Å²) >= 11 is 28.5. The number of rotatable bonds is 23. The van der Waals surface area contributed by atoms with E-state index in [4.69, 9.17) is 34.8 Å². The summed E-state index contributed by atoms with van der Waals surface area (Å²) in [5.41, 5.74) is 15.6. The molecular weight excluding hydrogens is 1460 g/mol. The van der Waals surface area contributed by atoms with Gasteiger partial charge in [-0.25, -0.2) is 0 Å². The van der Waals surface area contributed by atoms with Crippen LogP contribution in [0.4, 0.5) is 56.9 Å². The van der Waals surface area contributed by atoms with Crippen LogP contribution in [0.15, 0.2) is 261 Å². The molecule has 0 amide bonds. The van der Waals surface area contributed by atoms with Crippen LogP contribution >= 0.6 is 93.6 Å². The highest BCUT2D eigenvalue weighted by atomic mass is 35.5. The van der Waals surface area contributed by atoms with E-state index in [-0.39, 0.29) is 0 Å². The van der Waals surface area contributed by atoms with Crippen LogP contribution < -0.4 is 29.8 Å². The molecule has 16 rings (SSSR count). The normalized spacial score (nSPS) is 14.8. The zero-order chi connectivity index (χ0) is 73.2. The van der Waals surface area contributed by atoms with E-state index < -0.39 is 0 Å². The number of aryl methyl sites for hydroxylation is 2. The second-order valence-corrected chi connectivity index (χ2v) is 35.7. The van der Waals surface area contributed by atoms with Crippen LogP contribution in [0.5, 0.6) is 0 Å². The number of nitrogens with zero attached hydrogens (tertiary/aromatic N) is 8. The molecule has 1 fully saturated rings. The monoisotopic (exact) mass is 1560 g/mol. The van der Waals surface area contributed by atoms with Crippen molar-refractivity contribution in [2.45, 2.75) is 154 Å². The maximum Gasteiger partial charge on any atom is 0.0567 e. The topological polar surface area (TPSA) is 38.0 Å². The van der Waals surface area contributed by atoms with E-state index in [0.717, 1.165) is 113 Å². The van der Waals surface area contributed by atoms with E-state index in [1.54, 1.807) is 0 Å². The average molecular weight is 1560 g/mol. The maximum absolute atomic E-state index is 6.51. The Bertz CT molecular complexity index is 4450. The van der Waals surface area contributed by atoms with Crippen molar-refractivity contribution >= 4 is 150 Å². The molecule has 0 aromatic heterocycles. The molecule has 10 aromatic rings. The molecule has 1 N–H and O–H groups in total. The highest BCUT2D eigenvalue weighted by Gasteiger charge is 2.31. The van der Waals surface area contributed by atoms with Crippen molar-refractivity contribution in [3.05, 3.63) is 239 Å². The third-order valence-corrected chi connectivity index (χ3v) is 27.0. The largest absolute Gasteiger partial charge is 0.340 e. The minimum absolute atomic E-state index is 0.504. The number of benzene rings is 10. The maximum atomic E-state index is 6.51. The number of anilines is 10. The molecule has 0 radical (unpaired) electrons. The lowest BCUT2D eigenvalue weighted by Crippen LogP contribution is -2.45. The quantitative estimate of drug-likeness (QED) is 0.0618. The molecule has 6 aliphatic heterocycles. The standard InChI is InChI=1S/C37H41ClN4S2.C34H36ClN3S2.C18H21ClN2S/c1-27-13-15-36-32(25-27)41(30-9-3-5-11-34(30)43-36)21-7-19-40(29-17-23-39(2)24-18-29)20-8-22-42-31-10-4-6-12-35(31)44-37-16-14-28(38)26-33(37)42;1-24(2)36(18-8-20-37-27-10-4-6-12-31(27)39-33-16-14-25(3)22-29(33)37)19-9-21-38-28-11-5-7-13-32(28)40-34-17-15-26(35)23-30(34)38;1-13(2)20-10-5-11-21-15-6-3-4-7-17(15)22-18-9-8-14(19)12-16(18)21/h3-6,9-16,25-26,29H,7-8,17-24H2,1-2H3;4-7,10-17,22-24H,8-9,18-21H2,1-3H3;3-4,6-9,12-13,20H,5,10-11H2,1-2H3. The van der Waals surface area contributed by atoms with E-state index in [1.807, 2.05) is 77.0 Å². The van der Waals surface area contributed by atoms with Crippen LogP contribution in [-0.4, -0.2) is 118 Å². The zero-order valence-electron chi connectivity index (χ0n) is 62.1. The van der Waals surface area contributed by atoms with Gasteiger partial charge in [-0.3, -0.25) is 0 Å². The van der Waals surface area contributed by atoms with Crippen LogP contribution in [0.2, 0.25) is 15.1 Å². The number of likely N-dealkylation sites (tertiary alicyclic amines) is 1. The molecule has 0 aliphatic carbocycles. The number of nitrogens with one attached hydrogen (secondary N) is 1. The van der Waals surface area contributed by atoms with E-state index in [9.17, 15) is 0 Å². The summed E-state index contributed by atoms with van der Waals surface area (Å²) in [5.74, 6) is 0.